The zero-order valence-electron chi connectivity index (χ0n) is 22.3. The molecule has 0 aromatic heterocycles. The lowest BCUT2D eigenvalue weighted by Gasteiger charge is -2.33. The van der Waals surface area contributed by atoms with Crippen LogP contribution < -0.4 is 19.7 Å². The smallest absolute Gasteiger partial charge is 0.418 e. The predicted octanol–water partition coefficient (Wildman–Crippen LogP) is 5.14. The number of hydrogen-bond acceptors (Lipinski definition) is 6. The molecule has 0 saturated heterocycles. The number of aryl methyl sites for hydroxylation is 2. The van der Waals surface area contributed by atoms with Crippen molar-refractivity contribution in [3.05, 3.63) is 82.4 Å². The van der Waals surface area contributed by atoms with Gasteiger partial charge in [-0.3, -0.25) is 4.79 Å². The van der Waals surface area contributed by atoms with Crippen LogP contribution in [0.5, 0.6) is 11.5 Å². The Morgan fingerprint density at radius 2 is 1.75 bits per heavy atom. The van der Waals surface area contributed by atoms with E-state index in [1.165, 1.54) is 0 Å². The van der Waals surface area contributed by atoms with E-state index in [1.54, 1.807) is 26.0 Å². The van der Waals surface area contributed by atoms with E-state index in [9.17, 15) is 33.0 Å². The number of benzene rings is 3. The number of para-hydroxylation sites is 2. The van der Waals surface area contributed by atoms with Gasteiger partial charge >= 0.3 is 12.1 Å². The first-order valence-electron chi connectivity index (χ1n) is 12.4. The van der Waals surface area contributed by atoms with E-state index in [4.69, 9.17) is 9.47 Å². The molecule has 3 N–H and O–H groups in total. The van der Waals surface area contributed by atoms with Crippen LogP contribution >= 0.6 is 0 Å². The van der Waals surface area contributed by atoms with Gasteiger partial charge in [0.1, 0.15) is 24.2 Å². The van der Waals surface area contributed by atoms with Crippen LogP contribution in [0.2, 0.25) is 0 Å². The average Bonchev–Trinajstić information content (AvgIpc) is 2.86. The van der Waals surface area contributed by atoms with Crippen molar-refractivity contribution in [2.45, 2.75) is 38.7 Å². The van der Waals surface area contributed by atoms with E-state index in [0.717, 1.165) is 30.5 Å². The molecule has 0 aliphatic carbocycles. The topological polar surface area (TPSA) is 108 Å². The minimum Gasteiger partial charge on any atom is -0.490 e. The number of carbonyl (C=O) groups is 2. The van der Waals surface area contributed by atoms with Gasteiger partial charge < -0.3 is 29.9 Å². The summed E-state index contributed by atoms with van der Waals surface area (Å²) in [6, 6.07) is 13.2. The fourth-order valence-electron chi connectivity index (χ4n) is 4.64. The molecule has 1 amide bonds. The standard InChI is InChI=1S/C29H29F3N2O6/c1-16-11-19(39-15-20-14-34(4)23-7-5-6-8-24(23)40-20)12-17(2)25(16)26(35)33-22-13-18(28(3,38)27(36)37)9-10-21(22)29(30,31)32/h5-13,20,38H,14-15H2,1-4H3,(H,33,35)(H,36,37)/t20-,28?/m0/s1. The normalized spacial score (nSPS) is 16.4. The number of likely N-dealkylation sites (N-methyl/N-ethyl adjacent to an activating group) is 1. The maximum absolute atomic E-state index is 13.7. The van der Waals surface area contributed by atoms with Gasteiger partial charge in [0, 0.05) is 12.6 Å². The highest BCUT2D eigenvalue weighted by Gasteiger charge is 2.38. The highest BCUT2D eigenvalue weighted by atomic mass is 19.4. The molecule has 0 bridgehead atoms. The molecule has 0 radical (unpaired) electrons. The number of halogens is 3. The van der Waals surface area contributed by atoms with Crippen LogP contribution in [0.3, 0.4) is 0 Å². The van der Waals surface area contributed by atoms with Crippen LogP contribution in [0.25, 0.3) is 0 Å². The zero-order chi connectivity index (χ0) is 29.4. The third-order valence-corrected chi connectivity index (χ3v) is 6.77. The fraction of sp³-hybridized carbons (Fsp3) is 0.310. The van der Waals surface area contributed by atoms with Gasteiger partial charge in [0.05, 0.1) is 23.5 Å². The maximum atomic E-state index is 13.7. The molecule has 2 atom stereocenters. The summed E-state index contributed by atoms with van der Waals surface area (Å²) >= 11 is 0. The minimum absolute atomic E-state index is 0.137. The summed E-state index contributed by atoms with van der Waals surface area (Å²) in [6.07, 6.45) is -5.09. The van der Waals surface area contributed by atoms with Gasteiger partial charge in [-0.15, -0.1) is 0 Å². The molecule has 3 aromatic rings. The van der Waals surface area contributed by atoms with Crippen molar-refractivity contribution in [3.63, 3.8) is 0 Å². The first kappa shape index (κ1) is 28.8. The number of nitrogens with one attached hydrogen (secondary N) is 1. The Bertz CT molecular complexity index is 1430. The Kier molecular flexibility index (Phi) is 7.71. The molecule has 1 unspecified atom stereocenters. The quantitative estimate of drug-likeness (QED) is 0.368. The molecule has 4 rings (SSSR count). The number of alkyl halides is 3. The van der Waals surface area contributed by atoms with Crippen molar-refractivity contribution in [1.29, 1.82) is 0 Å². The van der Waals surface area contributed by atoms with Crippen molar-refractivity contribution < 1.29 is 42.4 Å². The molecular weight excluding hydrogens is 529 g/mol. The van der Waals surface area contributed by atoms with Gasteiger partial charge in [0.25, 0.3) is 5.91 Å². The number of aliphatic carboxylic acids is 1. The summed E-state index contributed by atoms with van der Waals surface area (Å²) in [5, 5.41) is 21.8. The third-order valence-electron chi connectivity index (χ3n) is 6.77. The lowest BCUT2D eigenvalue weighted by atomic mass is 9.94. The van der Waals surface area contributed by atoms with E-state index in [2.05, 4.69) is 10.2 Å². The van der Waals surface area contributed by atoms with E-state index >= 15 is 0 Å². The van der Waals surface area contributed by atoms with Crippen molar-refractivity contribution in [2.75, 3.05) is 30.4 Å². The Labute approximate surface area is 228 Å². The summed E-state index contributed by atoms with van der Waals surface area (Å²) in [5.41, 5.74) is -2.60. The van der Waals surface area contributed by atoms with E-state index in [-0.39, 0.29) is 23.8 Å². The molecule has 0 fully saturated rings. The highest BCUT2D eigenvalue weighted by Crippen LogP contribution is 2.38. The van der Waals surface area contributed by atoms with Crippen LogP contribution in [0.4, 0.5) is 24.5 Å². The largest absolute Gasteiger partial charge is 0.490 e. The second-order valence-electron chi connectivity index (χ2n) is 9.92. The van der Waals surface area contributed by atoms with Gasteiger partial charge in [0.2, 0.25) is 0 Å². The Balaban J connectivity index is 1.54. The van der Waals surface area contributed by atoms with Gasteiger partial charge in [0.15, 0.2) is 5.60 Å². The summed E-state index contributed by atoms with van der Waals surface area (Å²) in [5.74, 6) is -1.27. The predicted molar refractivity (Wildman–Crippen MR) is 142 cm³/mol. The summed E-state index contributed by atoms with van der Waals surface area (Å²) in [4.78, 5) is 26.7. The van der Waals surface area contributed by atoms with Crippen molar-refractivity contribution in [2.24, 2.45) is 0 Å². The van der Waals surface area contributed by atoms with Crippen LogP contribution in [-0.2, 0) is 16.6 Å². The van der Waals surface area contributed by atoms with Crippen LogP contribution in [-0.4, -0.2) is 48.4 Å². The molecule has 0 spiro atoms. The van der Waals surface area contributed by atoms with Gasteiger partial charge in [-0.25, -0.2) is 4.79 Å². The summed E-state index contributed by atoms with van der Waals surface area (Å²) in [7, 11) is 1.96. The second-order valence-corrected chi connectivity index (χ2v) is 9.92. The average molecular weight is 559 g/mol. The molecule has 40 heavy (non-hydrogen) atoms. The number of fused-ring (bicyclic) bond motifs is 1. The molecule has 1 aliphatic rings. The van der Waals surface area contributed by atoms with Crippen LogP contribution in [0, 0.1) is 13.8 Å². The van der Waals surface area contributed by atoms with Crippen molar-refractivity contribution in [1.82, 2.24) is 0 Å². The van der Waals surface area contributed by atoms with Crippen LogP contribution in [0.15, 0.2) is 54.6 Å². The number of carboxylic acid groups (broad SMARTS) is 1. The number of carbonyl (C=O) groups excluding carboxylic acids is 1. The summed E-state index contributed by atoms with van der Waals surface area (Å²) in [6.45, 7) is 5.03. The first-order chi connectivity index (χ1) is 18.7. The molecule has 0 saturated carbocycles. The van der Waals surface area contributed by atoms with Crippen molar-refractivity contribution >= 4 is 23.3 Å². The maximum Gasteiger partial charge on any atom is 0.418 e. The molecular formula is C29H29F3N2O6. The molecule has 1 heterocycles. The van der Waals surface area contributed by atoms with E-state index in [1.807, 2.05) is 31.3 Å². The molecule has 212 valence electrons. The van der Waals surface area contributed by atoms with E-state index in [0.29, 0.717) is 29.5 Å². The fourth-order valence-corrected chi connectivity index (χ4v) is 4.64. The molecule has 8 nitrogen and oxygen atoms in total. The molecule has 11 heteroatoms. The van der Waals surface area contributed by atoms with Crippen molar-refractivity contribution in [3.8, 4) is 11.5 Å². The number of hydrogen-bond donors (Lipinski definition) is 3. The monoisotopic (exact) mass is 558 g/mol. The number of ether oxygens (including phenoxy) is 2. The SMILES string of the molecule is Cc1cc(OC[C@@H]2CN(C)c3ccccc3O2)cc(C)c1C(=O)Nc1cc(C(C)(O)C(=O)O)ccc1C(F)(F)F. The number of anilines is 2. The third kappa shape index (κ3) is 5.84. The minimum atomic E-state index is -4.84. The number of amides is 1. The Hall–Kier alpha value is -4.25. The second kappa shape index (κ2) is 10.7. The van der Waals surface area contributed by atoms with Crippen LogP contribution in [0.1, 0.15) is 39.5 Å². The summed E-state index contributed by atoms with van der Waals surface area (Å²) < 4.78 is 53.0. The number of aliphatic hydroxyl groups is 1. The van der Waals surface area contributed by atoms with Gasteiger partial charge in [-0.2, -0.15) is 13.2 Å². The van der Waals surface area contributed by atoms with E-state index < -0.39 is 34.9 Å². The number of carboxylic acids is 1. The molecule has 1 aliphatic heterocycles. The number of nitrogens with zero attached hydrogens (tertiary/aromatic N) is 1. The zero-order valence-corrected chi connectivity index (χ0v) is 22.3. The lowest BCUT2D eigenvalue weighted by molar-refractivity contribution is -0.157. The molecule has 3 aromatic carbocycles. The first-order valence-corrected chi connectivity index (χ1v) is 12.4. The highest BCUT2D eigenvalue weighted by molar-refractivity contribution is 6.07. The number of rotatable bonds is 7. The van der Waals surface area contributed by atoms with Gasteiger partial charge in [-0.05, 0) is 73.9 Å². The van der Waals surface area contributed by atoms with Gasteiger partial charge in [-0.1, -0.05) is 18.2 Å². The Morgan fingerprint density at radius 1 is 1.10 bits per heavy atom. The Morgan fingerprint density at radius 3 is 2.38 bits per heavy atom. The lowest BCUT2D eigenvalue weighted by Crippen LogP contribution is -2.41.